The van der Waals surface area contributed by atoms with Crippen LogP contribution in [-0.2, 0) is 11.0 Å². The molecule has 3 aromatic rings. The Morgan fingerprint density at radius 1 is 1.30 bits per heavy atom. The summed E-state index contributed by atoms with van der Waals surface area (Å²) < 4.78 is 39.6. The van der Waals surface area contributed by atoms with Crippen LogP contribution in [0.15, 0.2) is 29.6 Å². The van der Waals surface area contributed by atoms with Gasteiger partial charge in [-0.15, -0.1) is 0 Å². The highest BCUT2D eigenvalue weighted by Crippen LogP contribution is 2.36. The summed E-state index contributed by atoms with van der Waals surface area (Å²) in [5.74, 6) is 0.596. The summed E-state index contributed by atoms with van der Waals surface area (Å²) in [6.07, 6.45) is 0.938. The van der Waals surface area contributed by atoms with E-state index in [9.17, 15) is 18.0 Å². The van der Waals surface area contributed by atoms with Crippen molar-refractivity contribution >= 4 is 35.3 Å². The van der Waals surface area contributed by atoms with Crippen LogP contribution in [0.5, 0.6) is 0 Å². The fourth-order valence-electron chi connectivity index (χ4n) is 3.88. The first kappa shape index (κ1) is 22.6. The average Bonchev–Trinajstić information content (AvgIpc) is 3.25. The van der Waals surface area contributed by atoms with Crippen molar-refractivity contribution in [3.8, 4) is 11.3 Å². The van der Waals surface area contributed by atoms with Gasteiger partial charge in [-0.3, -0.25) is 9.79 Å². The number of carbonyl (C=O) groups is 1. The second kappa shape index (κ2) is 9.14. The molecule has 33 heavy (non-hydrogen) atoms. The number of alkyl halides is 3. The molecule has 0 bridgehead atoms. The van der Waals surface area contributed by atoms with E-state index >= 15 is 0 Å². The number of carbonyl (C=O) groups excluding carboxylic acids is 1. The van der Waals surface area contributed by atoms with E-state index in [0.717, 1.165) is 25.1 Å². The zero-order valence-corrected chi connectivity index (χ0v) is 17.7. The maximum atomic E-state index is 13.2. The molecule has 0 aromatic carbocycles. The number of nitrogens with zero attached hydrogens (tertiary/aromatic N) is 5. The number of aliphatic imine (C=N–C) groups is 1. The molecule has 0 atom stereocenters. The van der Waals surface area contributed by atoms with Crippen molar-refractivity contribution in [2.75, 3.05) is 31.5 Å². The molecular weight excluding hydrogens is 437 g/mol. The summed E-state index contributed by atoms with van der Waals surface area (Å²) in [6, 6.07) is 1.03. The van der Waals surface area contributed by atoms with Crippen molar-refractivity contribution in [1.82, 2.24) is 24.8 Å². The Kier molecular flexibility index (Phi) is 6.27. The van der Waals surface area contributed by atoms with Crippen molar-refractivity contribution in [1.29, 1.82) is 0 Å². The normalized spacial score (nSPS) is 15.1. The number of pyridine rings is 1. The smallest absolute Gasteiger partial charge is 0.354 e. The number of piperidine rings is 1. The number of nitrogens with two attached hydrogens (primary N) is 1. The number of hydrogen-bond acceptors (Lipinski definition) is 7. The van der Waals surface area contributed by atoms with Crippen LogP contribution in [0.3, 0.4) is 0 Å². The molecule has 4 rings (SSSR count). The fourth-order valence-corrected chi connectivity index (χ4v) is 3.88. The van der Waals surface area contributed by atoms with Crippen molar-refractivity contribution in [3.05, 3.63) is 30.2 Å². The summed E-state index contributed by atoms with van der Waals surface area (Å²) in [5.41, 5.74) is 5.98. The molecule has 0 spiro atoms. The number of anilines is 1. The topological polar surface area (TPSA) is 125 Å². The summed E-state index contributed by atoms with van der Waals surface area (Å²) in [6.45, 7) is 5.43. The molecule has 12 heteroatoms. The maximum absolute atomic E-state index is 13.2. The Labute approximate surface area is 187 Å². The third-order valence-corrected chi connectivity index (χ3v) is 5.74. The Hall–Kier alpha value is -3.54. The molecule has 1 fully saturated rings. The second-order valence-electron chi connectivity index (χ2n) is 7.82. The Balaban J connectivity index is 1.55. The van der Waals surface area contributed by atoms with E-state index in [4.69, 9.17) is 5.73 Å². The van der Waals surface area contributed by atoms with Gasteiger partial charge in [-0.2, -0.15) is 13.2 Å². The minimum atomic E-state index is -4.52. The number of hydrogen-bond donors (Lipinski definition) is 3. The van der Waals surface area contributed by atoms with Crippen LogP contribution in [0.2, 0.25) is 0 Å². The van der Waals surface area contributed by atoms with E-state index in [2.05, 4.69) is 37.0 Å². The van der Waals surface area contributed by atoms with Crippen LogP contribution in [0.1, 0.15) is 18.4 Å². The molecule has 0 saturated carbocycles. The predicted molar refractivity (Wildman–Crippen MR) is 118 cm³/mol. The molecular formula is C21H23F3N8O. The summed E-state index contributed by atoms with van der Waals surface area (Å²) >= 11 is 0. The van der Waals surface area contributed by atoms with Gasteiger partial charge in [-0.25, -0.2) is 15.0 Å². The quantitative estimate of drug-likeness (QED) is 0.486. The number of H-pyrrole nitrogens is 1. The van der Waals surface area contributed by atoms with Gasteiger partial charge in [-0.05, 0) is 31.5 Å². The molecule has 1 saturated heterocycles. The third kappa shape index (κ3) is 4.80. The zero-order chi connectivity index (χ0) is 23.6. The molecule has 3 aromatic heterocycles. The lowest BCUT2D eigenvalue weighted by Gasteiger charge is -2.31. The van der Waals surface area contributed by atoms with E-state index in [1.807, 2.05) is 0 Å². The SMILES string of the molecule is C=Nc1cnc(NCC2CCN(C(=O)CN)CC2)nc1-c1c[nH]c2ncc(C(F)(F)F)cc12. The molecule has 0 radical (unpaired) electrons. The lowest BCUT2D eigenvalue weighted by atomic mass is 9.97. The highest BCUT2D eigenvalue weighted by Gasteiger charge is 2.31. The van der Waals surface area contributed by atoms with Crippen molar-refractivity contribution < 1.29 is 18.0 Å². The van der Waals surface area contributed by atoms with Crippen LogP contribution in [0.4, 0.5) is 24.8 Å². The van der Waals surface area contributed by atoms with Gasteiger partial charge in [0.1, 0.15) is 17.0 Å². The zero-order valence-electron chi connectivity index (χ0n) is 17.7. The number of fused-ring (bicyclic) bond motifs is 1. The standard InChI is InChI=1S/C21H23F3N8O/c1-26-16-11-30-20(29-8-12-2-4-32(5-3-12)17(33)7-25)31-18(16)15-10-28-19-14(15)6-13(9-27-19)21(22,23)24/h6,9-12H,1-5,7-8,25H2,(H,27,28)(H,29,30,31). The van der Waals surface area contributed by atoms with Gasteiger partial charge in [0.05, 0.1) is 18.3 Å². The molecule has 9 nitrogen and oxygen atoms in total. The van der Waals surface area contributed by atoms with Gasteiger partial charge in [0.15, 0.2) is 0 Å². The van der Waals surface area contributed by atoms with Crippen molar-refractivity contribution in [2.45, 2.75) is 19.0 Å². The Bertz CT molecular complexity index is 1170. The van der Waals surface area contributed by atoms with Gasteiger partial charge in [-0.1, -0.05) is 0 Å². The summed E-state index contributed by atoms with van der Waals surface area (Å²) in [4.78, 5) is 32.9. The monoisotopic (exact) mass is 460 g/mol. The number of rotatable bonds is 6. The Morgan fingerprint density at radius 3 is 2.73 bits per heavy atom. The lowest BCUT2D eigenvalue weighted by molar-refractivity contribution is -0.137. The number of likely N-dealkylation sites (tertiary alicyclic amines) is 1. The van der Waals surface area contributed by atoms with Gasteiger partial charge in [0.2, 0.25) is 11.9 Å². The van der Waals surface area contributed by atoms with Gasteiger partial charge in [0.25, 0.3) is 0 Å². The summed E-state index contributed by atoms with van der Waals surface area (Å²) in [7, 11) is 0. The molecule has 0 aliphatic carbocycles. The van der Waals surface area contributed by atoms with E-state index in [1.165, 1.54) is 6.20 Å². The van der Waals surface area contributed by atoms with E-state index in [0.29, 0.717) is 54.1 Å². The molecule has 4 N–H and O–H groups in total. The Morgan fingerprint density at radius 2 is 2.06 bits per heavy atom. The highest BCUT2D eigenvalue weighted by molar-refractivity contribution is 5.95. The van der Waals surface area contributed by atoms with Crippen LogP contribution in [0, 0.1) is 5.92 Å². The average molecular weight is 460 g/mol. The first-order valence-electron chi connectivity index (χ1n) is 10.4. The fraction of sp³-hybridized carbons (Fsp3) is 0.381. The van der Waals surface area contributed by atoms with E-state index in [1.54, 1.807) is 11.1 Å². The number of aromatic amines is 1. The molecule has 174 valence electrons. The third-order valence-electron chi connectivity index (χ3n) is 5.74. The molecule has 4 heterocycles. The van der Waals surface area contributed by atoms with Crippen molar-refractivity contribution in [3.63, 3.8) is 0 Å². The number of nitrogens with one attached hydrogen (secondary N) is 2. The van der Waals surface area contributed by atoms with Crippen LogP contribution in [0.25, 0.3) is 22.3 Å². The van der Waals surface area contributed by atoms with Gasteiger partial charge >= 0.3 is 6.18 Å². The highest BCUT2D eigenvalue weighted by atomic mass is 19.4. The second-order valence-corrected chi connectivity index (χ2v) is 7.82. The largest absolute Gasteiger partial charge is 0.417 e. The van der Waals surface area contributed by atoms with Crippen LogP contribution >= 0.6 is 0 Å². The van der Waals surface area contributed by atoms with E-state index < -0.39 is 11.7 Å². The minimum absolute atomic E-state index is 0.0110. The molecule has 1 aliphatic rings. The summed E-state index contributed by atoms with van der Waals surface area (Å²) in [5, 5.41) is 3.47. The van der Waals surface area contributed by atoms with Gasteiger partial charge < -0.3 is 20.9 Å². The molecule has 1 amide bonds. The minimum Gasteiger partial charge on any atom is -0.354 e. The van der Waals surface area contributed by atoms with Gasteiger partial charge in [0, 0.05) is 43.0 Å². The van der Waals surface area contributed by atoms with Crippen LogP contribution < -0.4 is 11.1 Å². The lowest BCUT2D eigenvalue weighted by Crippen LogP contribution is -2.42. The number of aromatic nitrogens is 4. The molecule has 0 unspecified atom stereocenters. The van der Waals surface area contributed by atoms with Crippen molar-refractivity contribution in [2.24, 2.45) is 16.6 Å². The molecule has 1 aliphatic heterocycles. The predicted octanol–water partition coefficient (Wildman–Crippen LogP) is 2.98. The number of amides is 1. The number of halogens is 3. The van der Waals surface area contributed by atoms with Crippen LogP contribution in [-0.4, -0.2) is 63.6 Å². The first-order valence-corrected chi connectivity index (χ1v) is 10.4. The maximum Gasteiger partial charge on any atom is 0.417 e. The van der Waals surface area contributed by atoms with E-state index in [-0.39, 0.29) is 17.8 Å². The first-order chi connectivity index (χ1) is 15.8.